The molecule has 0 N–H and O–H groups in total. The van der Waals surface area contributed by atoms with Crippen LogP contribution >= 0.6 is 0 Å². The van der Waals surface area contributed by atoms with Crippen molar-refractivity contribution in [3.05, 3.63) is 30.5 Å². The molecule has 3 nitrogen and oxygen atoms in total. The lowest BCUT2D eigenvalue weighted by atomic mass is 10.2. The first kappa shape index (κ1) is 11.7. The largest absolute Gasteiger partial charge is 0.351 e. The topological polar surface area (TPSA) is 25.2 Å². The molecule has 0 bridgehead atoms. The number of carbonyl (C=O) groups excluding carboxylic acids is 1. The van der Waals surface area contributed by atoms with Gasteiger partial charge in [-0.2, -0.15) is 0 Å². The summed E-state index contributed by atoms with van der Waals surface area (Å²) in [6, 6.07) is 8.18. The van der Waals surface area contributed by atoms with Gasteiger partial charge in [-0.25, -0.2) is 0 Å². The predicted molar refractivity (Wildman–Crippen MR) is 71.2 cm³/mol. The number of hydrogen-bond acceptors (Lipinski definition) is 1. The van der Waals surface area contributed by atoms with E-state index in [1.807, 2.05) is 33.3 Å². The van der Waals surface area contributed by atoms with Gasteiger partial charge in [-0.1, -0.05) is 6.92 Å². The van der Waals surface area contributed by atoms with E-state index in [9.17, 15) is 4.79 Å². The molecule has 0 aliphatic carbocycles. The first-order valence-corrected chi connectivity index (χ1v) is 5.95. The number of aromatic nitrogens is 1. The van der Waals surface area contributed by atoms with E-state index in [-0.39, 0.29) is 5.91 Å². The van der Waals surface area contributed by atoms with Gasteiger partial charge in [-0.15, -0.1) is 0 Å². The Bertz CT molecular complexity index is 542. The lowest BCUT2D eigenvalue weighted by Gasteiger charge is -2.17. The average molecular weight is 230 g/mol. The third-order valence-electron chi connectivity index (χ3n) is 3.09. The summed E-state index contributed by atoms with van der Waals surface area (Å²) in [5.74, 6) is 0.169. The minimum absolute atomic E-state index is 0.169. The first-order valence-electron chi connectivity index (χ1n) is 5.95. The third-order valence-corrected chi connectivity index (χ3v) is 3.09. The van der Waals surface area contributed by atoms with Crippen molar-refractivity contribution < 1.29 is 4.79 Å². The second-order valence-corrected chi connectivity index (χ2v) is 4.37. The van der Waals surface area contributed by atoms with Crippen molar-refractivity contribution in [2.24, 2.45) is 7.05 Å². The lowest BCUT2D eigenvalue weighted by Crippen LogP contribution is -2.25. The van der Waals surface area contributed by atoms with Crippen LogP contribution in [0.2, 0.25) is 0 Å². The number of hydrogen-bond donors (Lipinski definition) is 0. The summed E-state index contributed by atoms with van der Waals surface area (Å²) in [7, 11) is 3.86. The second kappa shape index (κ2) is 4.62. The van der Waals surface area contributed by atoms with Crippen LogP contribution in [-0.4, -0.2) is 17.5 Å². The Morgan fingerprint density at radius 3 is 2.82 bits per heavy atom. The standard InChI is InChI=1S/C14H18N2O/c1-4-5-14(17)16(3)12-6-7-13-11(10-12)8-9-15(13)2/h6-10H,4-5H2,1-3H3. The van der Waals surface area contributed by atoms with Gasteiger partial charge in [0.2, 0.25) is 5.91 Å². The van der Waals surface area contributed by atoms with E-state index in [2.05, 4.69) is 22.8 Å². The zero-order valence-electron chi connectivity index (χ0n) is 10.6. The number of aryl methyl sites for hydroxylation is 1. The number of carbonyl (C=O) groups is 1. The van der Waals surface area contributed by atoms with Crippen LogP contribution in [0.1, 0.15) is 19.8 Å². The van der Waals surface area contributed by atoms with Crippen LogP contribution in [-0.2, 0) is 11.8 Å². The minimum Gasteiger partial charge on any atom is -0.351 e. The van der Waals surface area contributed by atoms with Crippen molar-refractivity contribution >= 4 is 22.5 Å². The van der Waals surface area contributed by atoms with Crippen molar-refractivity contribution in [3.63, 3.8) is 0 Å². The molecule has 0 aliphatic heterocycles. The Labute approximate surface area is 102 Å². The second-order valence-electron chi connectivity index (χ2n) is 4.37. The fraction of sp³-hybridized carbons (Fsp3) is 0.357. The quantitative estimate of drug-likeness (QED) is 0.795. The SMILES string of the molecule is CCCC(=O)N(C)c1ccc2c(ccn2C)c1. The highest BCUT2D eigenvalue weighted by atomic mass is 16.2. The summed E-state index contributed by atoms with van der Waals surface area (Å²) in [6.45, 7) is 2.02. The fourth-order valence-corrected chi connectivity index (χ4v) is 2.00. The molecular formula is C14H18N2O. The molecule has 0 saturated carbocycles. The maximum absolute atomic E-state index is 11.8. The molecular weight excluding hydrogens is 212 g/mol. The zero-order chi connectivity index (χ0) is 12.4. The van der Waals surface area contributed by atoms with Gasteiger partial charge in [0, 0.05) is 43.3 Å². The molecule has 0 unspecified atom stereocenters. The number of nitrogens with zero attached hydrogens (tertiary/aromatic N) is 2. The monoisotopic (exact) mass is 230 g/mol. The van der Waals surface area contributed by atoms with Gasteiger partial charge in [0.15, 0.2) is 0 Å². The van der Waals surface area contributed by atoms with E-state index in [0.29, 0.717) is 6.42 Å². The summed E-state index contributed by atoms with van der Waals surface area (Å²) >= 11 is 0. The molecule has 0 radical (unpaired) electrons. The highest BCUT2D eigenvalue weighted by Gasteiger charge is 2.10. The molecule has 1 amide bonds. The summed E-state index contributed by atoms with van der Waals surface area (Å²) in [6.07, 6.45) is 3.52. The van der Waals surface area contributed by atoms with Crippen LogP contribution in [0, 0.1) is 0 Å². The van der Waals surface area contributed by atoms with Crippen LogP contribution in [0.15, 0.2) is 30.5 Å². The molecule has 17 heavy (non-hydrogen) atoms. The van der Waals surface area contributed by atoms with Crippen LogP contribution < -0.4 is 4.90 Å². The fourth-order valence-electron chi connectivity index (χ4n) is 2.00. The van der Waals surface area contributed by atoms with E-state index in [0.717, 1.165) is 12.1 Å². The Morgan fingerprint density at radius 1 is 1.35 bits per heavy atom. The number of rotatable bonds is 3. The number of anilines is 1. The van der Waals surface area contributed by atoms with E-state index in [1.165, 1.54) is 10.9 Å². The molecule has 1 heterocycles. The first-order chi connectivity index (χ1) is 8.13. The van der Waals surface area contributed by atoms with Gasteiger partial charge in [-0.05, 0) is 30.7 Å². The highest BCUT2D eigenvalue weighted by molar-refractivity contribution is 5.95. The zero-order valence-corrected chi connectivity index (χ0v) is 10.6. The van der Waals surface area contributed by atoms with Crippen LogP contribution in [0.25, 0.3) is 10.9 Å². The maximum Gasteiger partial charge on any atom is 0.226 e. The molecule has 1 aromatic heterocycles. The molecule has 0 spiro atoms. The number of benzene rings is 1. The molecule has 0 aliphatic rings. The Morgan fingerprint density at radius 2 is 2.12 bits per heavy atom. The van der Waals surface area contributed by atoms with E-state index >= 15 is 0 Å². The van der Waals surface area contributed by atoms with Gasteiger partial charge in [-0.3, -0.25) is 4.79 Å². The van der Waals surface area contributed by atoms with Crippen LogP contribution in [0.4, 0.5) is 5.69 Å². The van der Waals surface area contributed by atoms with E-state index in [1.54, 1.807) is 4.90 Å². The number of fused-ring (bicyclic) bond motifs is 1. The van der Waals surface area contributed by atoms with Crippen molar-refractivity contribution in [2.45, 2.75) is 19.8 Å². The summed E-state index contributed by atoms with van der Waals surface area (Å²) in [4.78, 5) is 13.5. The van der Waals surface area contributed by atoms with Crippen molar-refractivity contribution in [1.29, 1.82) is 0 Å². The highest BCUT2D eigenvalue weighted by Crippen LogP contribution is 2.22. The van der Waals surface area contributed by atoms with E-state index in [4.69, 9.17) is 0 Å². The lowest BCUT2D eigenvalue weighted by molar-refractivity contribution is -0.118. The van der Waals surface area contributed by atoms with Crippen molar-refractivity contribution in [1.82, 2.24) is 4.57 Å². The normalized spacial score (nSPS) is 10.8. The van der Waals surface area contributed by atoms with Gasteiger partial charge in [0.1, 0.15) is 0 Å². The number of amides is 1. The summed E-state index contributed by atoms with van der Waals surface area (Å²) in [5, 5.41) is 1.17. The predicted octanol–water partition coefficient (Wildman–Crippen LogP) is 2.94. The smallest absolute Gasteiger partial charge is 0.226 e. The molecule has 2 aromatic rings. The third kappa shape index (κ3) is 2.18. The van der Waals surface area contributed by atoms with Gasteiger partial charge >= 0.3 is 0 Å². The van der Waals surface area contributed by atoms with Gasteiger partial charge in [0.05, 0.1) is 0 Å². The molecule has 0 atom stereocenters. The van der Waals surface area contributed by atoms with Gasteiger partial charge in [0.25, 0.3) is 0 Å². The van der Waals surface area contributed by atoms with Crippen molar-refractivity contribution in [3.8, 4) is 0 Å². The Kier molecular flexibility index (Phi) is 3.18. The van der Waals surface area contributed by atoms with Crippen LogP contribution in [0.3, 0.4) is 0 Å². The molecule has 2 rings (SSSR count). The maximum atomic E-state index is 11.8. The summed E-state index contributed by atoms with van der Waals surface area (Å²) < 4.78 is 2.08. The Balaban J connectivity index is 2.33. The molecule has 0 fully saturated rings. The van der Waals surface area contributed by atoms with Crippen LogP contribution in [0.5, 0.6) is 0 Å². The molecule has 1 aromatic carbocycles. The van der Waals surface area contributed by atoms with E-state index < -0.39 is 0 Å². The summed E-state index contributed by atoms with van der Waals surface area (Å²) in [5.41, 5.74) is 2.15. The Hall–Kier alpha value is -1.77. The average Bonchev–Trinajstić information content (AvgIpc) is 2.70. The molecule has 90 valence electrons. The molecule has 3 heteroatoms. The van der Waals surface area contributed by atoms with Crippen molar-refractivity contribution in [2.75, 3.05) is 11.9 Å². The molecule has 0 saturated heterocycles. The minimum atomic E-state index is 0.169. The van der Waals surface area contributed by atoms with Gasteiger partial charge < -0.3 is 9.47 Å².